The van der Waals surface area contributed by atoms with Crippen LogP contribution < -0.4 is 5.32 Å². The molecule has 7 nitrogen and oxygen atoms in total. The van der Waals surface area contributed by atoms with Crippen LogP contribution in [0.2, 0.25) is 5.28 Å². The molecule has 0 saturated carbocycles. The minimum absolute atomic E-state index is 0.0107. The van der Waals surface area contributed by atoms with E-state index in [4.69, 9.17) is 16.7 Å². The molecule has 0 aliphatic carbocycles. The summed E-state index contributed by atoms with van der Waals surface area (Å²) >= 11 is 5.70. The molecule has 2 aromatic rings. The number of imidazole rings is 1. The molecule has 0 amide bonds. The molecule has 19 heavy (non-hydrogen) atoms. The molecule has 10 heteroatoms. The van der Waals surface area contributed by atoms with Crippen molar-refractivity contribution in [3.05, 3.63) is 24.0 Å². The van der Waals surface area contributed by atoms with Gasteiger partial charge in [-0.15, -0.1) is 0 Å². The second kappa shape index (κ2) is 5.85. The summed E-state index contributed by atoms with van der Waals surface area (Å²) in [6.45, 7) is -0.401. The van der Waals surface area contributed by atoms with Gasteiger partial charge in [0, 0.05) is 18.9 Å². The molecule has 2 rings (SSSR count). The summed E-state index contributed by atoms with van der Waals surface area (Å²) in [5.74, 6) is 0.176. The predicted molar refractivity (Wildman–Crippen MR) is 62.5 cm³/mol. The van der Waals surface area contributed by atoms with Crippen molar-refractivity contribution in [1.82, 2.24) is 24.5 Å². The van der Waals surface area contributed by atoms with Gasteiger partial charge in [-0.1, -0.05) is 0 Å². The number of halogens is 3. The molecule has 0 aromatic carbocycles. The van der Waals surface area contributed by atoms with Gasteiger partial charge in [0.25, 0.3) is 6.43 Å². The number of aromatic nitrogens is 5. The number of nitrogens with zero attached hydrogens (tertiary/aromatic N) is 5. The first kappa shape index (κ1) is 13.6. The summed E-state index contributed by atoms with van der Waals surface area (Å²) < 4.78 is 25.7. The van der Waals surface area contributed by atoms with Crippen molar-refractivity contribution < 1.29 is 13.9 Å². The highest BCUT2D eigenvalue weighted by Gasteiger charge is 2.17. The van der Waals surface area contributed by atoms with Crippen LogP contribution in [0.4, 0.5) is 14.7 Å². The van der Waals surface area contributed by atoms with E-state index in [1.54, 1.807) is 6.20 Å². The molecule has 102 valence electrons. The fourth-order valence-electron chi connectivity index (χ4n) is 1.20. The average Bonchev–Trinajstić information content (AvgIpc) is 2.89. The number of aliphatic hydroxyl groups is 1. The summed E-state index contributed by atoms with van der Waals surface area (Å²) in [7, 11) is 0. The van der Waals surface area contributed by atoms with Gasteiger partial charge in [-0.3, -0.25) is 4.57 Å². The fraction of sp³-hybridized carbons (Fsp3) is 0.333. The molecule has 0 fully saturated rings. The Kier molecular flexibility index (Phi) is 4.17. The van der Waals surface area contributed by atoms with Gasteiger partial charge in [0.05, 0.1) is 0 Å². The minimum Gasteiger partial charge on any atom is -0.385 e. The van der Waals surface area contributed by atoms with Gasteiger partial charge in [0.15, 0.2) is 0 Å². The lowest BCUT2D eigenvalue weighted by Crippen LogP contribution is -2.27. The molecule has 2 aromatic heterocycles. The largest absolute Gasteiger partial charge is 0.385 e. The normalized spacial score (nSPS) is 12.7. The molecule has 2 heterocycles. The van der Waals surface area contributed by atoms with Crippen LogP contribution in [0, 0.1) is 0 Å². The maximum Gasteiger partial charge on any atom is 0.265 e. The van der Waals surface area contributed by atoms with Gasteiger partial charge in [0.2, 0.25) is 17.2 Å². The smallest absolute Gasteiger partial charge is 0.265 e. The van der Waals surface area contributed by atoms with Crippen molar-refractivity contribution in [2.24, 2.45) is 0 Å². The third-order valence-electron chi connectivity index (χ3n) is 2.09. The van der Waals surface area contributed by atoms with Crippen molar-refractivity contribution >= 4 is 17.5 Å². The van der Waals surface area contributed by atoms with Crippen LogP contribution in [0.3, 0.4) is 0 Å². The van der Waals surface area contributed by atoms with Gasteiger partial charge < -0.3 is 10.4 Å². The van der Waals surface area contributed by atoms with Crippen LogP contribution in [0.25, 0.3) is 5.95 Å². The van der Waals surface area contributed by atoms with Crippen LogP contribution in [-0.2, 0) is 0 Å². The molecule has 1 unspecified atom stereocenters. The van der Waals surface area contributed by atoms with Gasteiger partial charge >= 0.3 is 0 Å². The van der Waals surface area contributed by atoms with E-state index in [9.17, 15) is 8.78 Å². The molecule has 0 bridgehead atoms. The molecule has 0 spiro atoms. The Morgan fingerprint density at radius 2 is 2.16 bits per heavy atom. The lowest BCUT2D eigenvalue weighted by Gasteiger charge is -2.11. The second-order valence-electron chi connectivity index (χ2n) is 3.48. The van der Waals surface area contributed by atoms with E-state index in [-0.39, 0.29) is 17.2 Å². The van der Waals surface area contributed by atoms with Crippen LogP contribution in [0.15, 0.2) is 18.7 Å². The number of alkyl halides is 2. The van der Waals surface area contributed by atoms with Crippen LogP contribution in [0.1, 0.15) is 0 Å². The Labute approximate surface area is 111 Å². The van der Waals surface area contributed by atoms with Crippen molar-refractivity contribution in [2.45, 2.75) is 12.5 Å². The van der Waals surface area contributed by atoms with Crippen LogP contribution >= 0.6 is 11.6 Å². The monoisotopic (exact) mass is 290 g/mol. The Morgan fingerprint density at radius 1 is 1.37 bits per heavy atom. The number of anilines is 1. The van der Waals surface area contributed by atoms with Crippen LogP contribution in [-0.4, -0.2) is 48.7 Å². The van der Waals surface area contributed by atoms with Gasteiger partial charge in [-0.2, -0.15) is 15.0 Å². The van der Waals surface area contributed by atoms with Gasteiger partial charge in [-0.25, -0.2) is 13.8 Å². The topological polar surface area (TPSA) is 88.8 Å². The summed E-state index contributed by atoms with van der Waals surface area (Å²) in [4.78, 5) is 15.3. The average molecular weight is 291 g/mol. The number of hydrogen-bond acceptors (Lipinski definition) is 6. The standard InChI is InChI=1S/C9H9ClF2N6O/c10-7-15-8(14-3-5(19)6(11)12)17-9(16-7)18-2-1-13-4-18/h1-2,4-6,19H,3H2,(H,14,15,16,17). The second-order valence-corrected chi connectivity index (χ2v) is 3.82. The van der Waals surface area contributed by atoms with E-state index in [1.807, 2.05) is 0 Å². The molecule has 0 saturated heterocycles. The molecule has 1 atom stereocenters. The zero-order valence-corrected chi connectivity index (χ0v) is 10.2. The quantitative estimate of drug-likeness (QED) is 0.845. The number of aliphatic hydroxyl groups excluding tert-OH is 1. The lowest BCUT2D eigenvalue weighted by atomic mass is 10.4. The third-order valence-corrected chi connectivity index (χ3v) is 2.26. The Bertz CT molecular complexity index is 538. The fourth-order valence-corrected chi connectivity index (χ4v) is 1.35. The van der Waals surface area contributed by atoms with E-state index < -0.39 is 19.1 Å². The number of nitrogens with one attached hydrogen (secondary N) is 1. The molecular formula is C9H9ClF2N6O. The Hall–Kier alpha value is -1.87. The maximum atomic E-state index is 12.1. The number of rotatable bonds is 5. The molecule has 0 radical (unpaired) electrons. The highest BCUT2D eigenvalue weighted by atomic mass is 35.5. The Balaban J connectivity index is 2.13. The minimum atomic E-state index is -2.85. The van der Waals surface area contributed by atoms with Crippen molar-refractivity contribution in [3.63, 3.8) is 0 Å². The van der Waals surface area contributed by atoms with Crippen molar-refractivity contribution in [2.75, 3.05) is 11.9 Å². The highest BCUT2D eigenvalue weighted by molar-refractivity contribution is 6.28. The van der Waals surface area contributed by atoms with Crippen LogP contribution in [0.5, 0.6) is 0 Å². The SMILES string of the molecule is OC(CNc1nc(Cl)nc(-n2ccnc2)n1)C(F)F. The van der Waals surface area contributed by atoms with E-state index in [2.05, 4.69) is 25.3 Å². The lowest BCUT2D eigenvalue weighted by molar-refractivity contribution is 0.00376. The predicted octanol–water partition coefficient (Wildman–Crippen LogP) is 0.749. The van der Waals surface area contributed by atoms with E-state index >= 15 is 0 Å². The number of hydrogen-bond donors (Lipinski definition) is 2. The maximum absolute atomic E-state index is 12.1. The van der Waals surface area contributed by atoms with E-state index in [0.29, 0.717) is 0 Å². The van der Waals surface area contributed by atoms with Crippen molar-refractivity contribution in [3.8, 4) is 5.95 Å². The zero-order valence-electron chi connectivity index (χ0n) is 9.41. The first-order chi connectivity index (χ1) is 9.06. The summed E-state index contributed by atoms with van der Waals surface area (Å²) in [6, 6.07) is 0. The summed E-state index contributed by atoms with van der Waals surface area (Å²) in [5.41, 5.74) is 0. The molecular weight excluding hydrogens is 282 g/mol. The van der Waals surface area contributed by atoms with Gasteiger partial charge in [0.1, 0.15) is 12.4 Å². The summed E-state index contributed by atoms with van der Waals surface area (Å²) in [6.07, 6.45) is -0.108. The Morgan fingerprint density at radius 3 is 2.79 bits per heavy atom. The molecule has 2 N–H and O–H groups in total. The highest BCUT2D eigenvalue weighted by Crippen LogP contribution is 2.10. The first-order valence-corrected chi connectivity index (χ1v) is 5.54. The van der Waals surface area contributed by atoms with Crippen molar-refractivity contribution in [1.29, 1.82) is 0 Å². The summed E-state index contributed by atoms with van der Waals surface area (Å²) in [5, 5.41) is 11.3. The zero-order chi connectivity index (χ0) is 13.8. The first-order valence-electron chi connectivity index (χ1n) is 5.16. The van der Waals surface area contributed by atoms with E-state index in [0.717, 1.165) is 0 Å². The van der Waals surface area contributed by atoms with Gasteiger partial charge in [-0.05, 0) is 11.6 Å². The van der Waals surface area contributed by atoms with E-state index in [1.165, 1.54) is 17.1 Å². The molecule has 0 aliphatic heterocycles. The molecule has 0 aliphatic rings. The third kappa shape index (κ3) is 3.55.